The van der Waals surface area contributed by atoms with Crippen molar-refractivity contribution >= 4 is 11.7 Å². The molecule has 2 aromatic carbocycles. The summed E-state index contributed by atoms with van der Waals surface area (Å²) in [6, 6.07) is 18.7. The molecule has 0 radical (unpaired) electrons. The smallest absolute Gasteiger partial charge is 0.321 e. The number of rotatable bonds is 8. The van der Waals surface area contributed by atoms with Gasteiger partial charge in [-0.3, -0.25) is 4.90 Å². The first-order valence-corrected chi connectivity index (χ1v) is 10.5. The summed E-state index contributed by atoms with van der Waals surface area (Å²) < 4.78 is 5.14. The maximum Gasteiger partial charge on any atom is 0.321 e. The number of piperidine rings is 1. The fourth-order valence-corrected chi connectivity index (χ4v) is 3.82. The van der Waals surface area contributed by atoms with E-state index in [0.717, 1.165) is 57.7 Å². The molecule has 1 fully saturated rings. The third-order valence-electron chi connectivity index (χ3n) is 5.60. The zero-order chi connectivity index (χ0) is 20.5. The Morgan fingerprint density at radius 3 is 2.38 bits per heavy atom. The largest absolute Gasteiger partial charge is 0.383 e. The molecular weight excluding hydrogens is 362 g/mol. The highest BCUT2D eigenvalue weighted by Crippen LogP contribution is 2.23. The van der Waals surface area contributed by atoms with Gasteiger partial charge in [0, 0.05) is 39.0 Å². The van der Waals surface area contributed by atoms with Crippen molar-refractivity contribution in [2.24, 2.45) is 5.92 Å². The molecule has 3 rings (SSSR count). The van der Waals surface area contributed by atoms with Crippen LogP contribution in [0.5, 0.6) is 0 Å². The first kappa shape index (κ1) is 21.3. The minimum Gasteiger partial charge on any atom is -0.383 e. The number of likely N-dealkylation sites (N-methyl/N-ethyl adjacent to an activating group) is 1. The molecule has 2 aromatic rings. The van der Waals surface area contributed by atoms with E-state index in [0.29, 0.717) is 5.92 Å². The number of anilines is 1. The minimum atomic E-state index is 0.0107. The molecule has 29 heavy (non-hydrogen) atoms. The number of carbonyl (C=O) groups is 1. The highest BCUT2D eigenvalue weighted by Gasteiger charge is 2.23. The van der Waals surface area contributed by atoms with Gasteiger partial charge in [-0.15, -0.1) is 0 Å². The molecular formula is C24H33N3O2. The number of urea groups is 1. The molecule has 1 aliphatic rings. The average Bonchev–Trinajstić information content (AvgIpc) is 2.75. The Labute approximate surface area is 174 Å². The summed E-state index contributed by atoms with van der Waals surface area (Å²) in [5.41, 5.74) is 3.58. The number of methoxy groups -OCH3 is 1. The lowest BCUT2D eigenvalue weighted by Crippen LogP contribution is -2.41. The van der Waals surface area contributed by atoms with Crippen LogP contribution in [0.25, 0.3) is 0 Å². The highest BCUT2D eigenvalue weighted by atomic mass is 16.5. The van der Waals surface area contributed by atoms with Crippen LogP contribution in [0.1, 0.15) is 24.0 Å². The summed E-state index contributed by atoms with van der Waals surface area (Å²) in [5.74, 6) is 0.644. The zero-order valence-electron chi connectivity index (χ0n) is 17.6. The van der Waals surface area contributed by atoms with Crippen LogP contribution in [0.15, 0.2) is 54.6 Å². The number of likely N-dealkylation sites (tertiary alicyclic amines) is 1. The average molecular weight is 396 g/mol. The van der Waals surface area contributed by atoms with Crippen LogP contribution in [0.3, 0.4) is 0 Å². The number of benzene rings is 2. The van der Waals surface area contributed by atoms with Crippen molar-refractivity contribution in [1.29, 1.82) is 0 Å². The second-order valence-electron chi connectivity index (χ2n) is 7.98. The third-order valence-corrected chi connectivity index (χ3v) is 5.60. The van der Waals surface area contributed by atoms with E-state index in [1.165, 1.54) is 11.1 Å². The second kappa shape index (κ2) is 11.0. The SMILES string of the molecule is COCCN(C)Cc1ccc(CC2CCN(C(=O)Nc3ccccc3)CC2)cc1. The summed E-state index contributed by atoms with van der Waals surface area (Å²) in [5, 5.41) is 2.99. The molecule has 0 unspecified atom stereocenters. The molecule has 5 nitrogen and oxygen atoms in total. The van der Waals surface area contributed by atoms with Crippen LogP contribution in [0, 0.1) is 5.92 Å². The van der Waals surface area contributed by atoms with Gasteiger partial charge in [-0.2, -0.15) is 0 Å². The summed E-state index contributed by atoms with van der Waals surface area (Å²) in [4.78, 5) is 16.6. The Morgan fingerprint density at radius 2 is 1.72 bits per heavy atom. The molecule has 0 bridgehead atoms. The van der Waals surface area contributed by atoms with Gasteiger partial charge in [0.05, 0.1) is 6.61 Å². The Bertz CT molecular complexity index is 740. The maximum atomic E-state index is 12.4. The first-order valence-electron chi connectivity index (χ1n) is 10.5. The van der Waals surface area contributed by atoms with Crippen molar-refractivity contribution in [2.75, 3.05) is 45.7 Å². The maximum absolute atomic E-state index is 12.4. The van der Waals surface area contributed by atoms with Crippen LogP contribution >= 0.6 is 0 Å². The molecule has 1 heterocycles. The number of carbonyl (C=O) groups excluding carboxylic acids is 1. The lowest BCUT2D eigenvalue weighted by Gasteiger charge is -2.32. The second-order valence-corrected chi connectivity index (χ2v) is 7.98. The van der Waals surface area contributed by atoms with Crippen LogP contribution in [0.2, 0.25) is 0 Å². The van der Waals surface area contributed by atoms with E-state index in [9.17, 15) is 4.79 Å². The summed E-state index contributed by atoms with van der Waals surface area (Å²) in [6.07, 6.45) is 3.21. The van der Waals surface area contributed by atoms with E-state index in [-0.39, 0.29) is 6.03 Å². The lowest BCUT2D eigenvalue weighted by molar-refractivity contribution is 0.158. The molecule has 1 saturated heterocycles. The molecule has 1 aliphatic heterocycles. The zero-order valence-corrected chi connectivity index (χ0v) is 17.6. The van der Waals surface area contributed by atoms with Crippen molar-refractivity contribution in [3.8, 4) is 0 Å². The Morgan fingerprint density at radius 1 is 1.07 bits per heavy atom. The summed E-state index contributed by atoms with van der Waals surface area (Å²) >= 11 is 0. The molecule has 5 heteroatoms. The van der Waals surface area contributed by atoms with Gasteiger partial charge in [0.25, 0.3) is 0 Å². The molecule has 0 spiro atoms. The topological polar surface area (TPSA) is 44.8 Å². The van der Waals surface area contributed by atoms with Crippen molar-refractivity contribution in [3.05, 3.63) is 65.7 Å². The van der Waals surface area contributed by atoms with E-state index < -0.39 is 0 Å². The predicted octanol–water partition coefficient (Wildman–Crippen LogP) is 4.25. The third kappa shape index (κ3) is 6.87. The quantitative estimate of drug-likeness (QED) is 0.727. The van der Waals surface area contributed by atoms with Gasteiger partial charge in [0.1, 0.15) is 0 Å². The molecule has 1 N–H and O–H groups in total. The molecule has 0 atom stereocenters. The normalized spacial score (nSPS) is 14.9. The van der Waals surface area contributed by atoms with Crippen LogP contribution in [-0.4, -0.2) is 56.2 Å². The van der Waals surface area contributed by atoms with Gasteiger partial charge in [-0.05, 0) is 55.5 Å². The summed E-state index contributed by atoms with van der Waals surface area (Å²) in [7, 11) is 3.86. The molecule has 2 amide bonds. The van der Waals surface area contributed by atoms with Crippen molar-refractivity contribution < 1.29 is 9.53 Å². The fourth-order valence-electron chi connectivity index (χ4n) is 3.82. The van der Waals surface area contributed by atoms with Gasteiger partial charge < -0.3 is 15.0 Å². The summed E-state index contributed by atoms with van der Waals surface area (Å²) in [6.45, 7) is 4.29. The van der Waals surface area contributed by atoms with Crippen LogP contribution < -0.4 is 5.32 Å². The van der Waals surface area contributed by atoms with Crippen molar-refractivity contribution in [3.63, 3.8) is 0 Å². The number of para-hydroxylation sites is 1. The number of nitrogens with zero attached hydrogens (tertiary/aromatic N) is 2. The molecule has 0 saturated carbocycles. The number of hydrogen-bond acceptors (Lipinski definition) is 3. The minimum absolute atomic E-state index is 0.0107. The van der Waals surface area contributed by atoms with Gasteiger partial charge in [0.2, 0.25) is 0 Å². The molecule has 0 aliphatic carbocycles. The Kier molecular flexibility index (Phi) is 8.08. The van der Waals surface area contributed by atoms with Gasteiger partial charge in [-0.1, -0.05) is 42.5 Å². The molecule has 0 aromatic heterocycles. The lowest BCUT2D eigenvalue weighted by atomic mass is 9.90. The van der Waals surface area contributed by atoms with E-state index in [4.69, 9.17) is 4.74 Å². The van der Waals surface area contributed by atoms with Crippen molar-refractivity contribution in [2.45, 2.75) is 25.8 Å². The number of nitrogens with one attached hydrogen (secondary N) is 1. The van der Waals surface area contributed by atoms with Gasteiger partial charge in [0.15, 0.2) is 0 Å². The van der Waals surface area contributed by atoms with E-state index >= 15 is 0 Å². The van der Waals surface area contributed by atoms with E-state index in [1.807, 2.05) is 35.2 Å². The van der Waals surface area contributed by atoms with Crippen LogP contribution in [0.4, 0.5) is 10.5 Å². The Balaban J connectivity index is 1.41. The van der Waals surface area contributed by atoms with E-state index in [2.05, 4.69) is 41.5 Å². The van der Waals surface area contributed by atoms with Gasteiger partial charge in [-0.25, -0.2) is 4.79 Å². The molecule has 156 valence electrons. The van der Waals surface area contributed by atoms with E-state index in [1.54, 1.807) is 7.11 Å². The number of hydrogen-bond donors (Lipinski definition) is 1. The monoisotopic (exact) mass is 395 g/mol. The standard InChI is InChI=1S/C24H33N3O2/c1-26(16-17-29-2)19-22-10-8-20(9-11-22)18-21-12-14-27(15-13-21)24(28)25-23-6-4-3-5-7-23/h3-11,21H,12-19H2,1-2H3,(H,25,28). The predicted molar refractivity (Wildman–Crippen MR) is 118 cm³/mol. The highest BCUT2D eigenvalue weighted by molar-refractivity contribution is 5.89. The fraction of sp³-hybridized carbons (Fsp3) is 0.458. The van der Waals surface area contributed by atoms with Crippen LogP contribution in [-0.2, 0) is 17.7 Å². The van der Waals surface area contributed by atoms with Gasteiger partial charge >= 0.3 is 6.03 Å². The number of ether oxygens (including phenoxy) is 1. The first-order chi connectivity index (χ1) is 14.1. The number of amides is 2. The Hall–Kier alpha value is -2.37. The van der Waals surface area contributed by atoms with Crippen molar-refractivity contribution in [1.82, 2.24) is 9.80 Å².